The van der Waals surface area contributed by atoms with Crippen molar-refractivity contribution in [2.45, 2.75) is 32.3 Å². The van der Waals surface area contributed by atoms with Gasteiger partial charge in [0, 0.05) is 36.7 Å². The van der Waals surface area contributed by atoms with Crippen molar-refractivity contribution in [2.24, 2.45) is 4.99 Å². The Morgan fingerprint density at radius 1 is 1.50 bits per heavy atom. The lowest BCUT2D eigenvalue weighted by Crippen LogP contribution is -2.24. The largest absolute Gasteiger partial charge is 0.487 e. The predicted octanol–water partition coefficient (Wildman–Crippen LogP) is 3.03. The van der Waals surface area contributed by atoms with Gasteiger partial charge in [-0.15, -0.1) is 0 Å². The molecule has 0 saturated carbocycles. The number of alkyl halides is 2. The van der Waals surface area contributed by atoms with Crippen LogP contribution in [0.3, 0.4) is 0 Å². The van der Waals surface area contributed by atoms with E-state index < -0.39 is 24.5 Å². The summed E-state index contributed by atoms with van der Waals surface area (Å²) in [4.78, 5) is 16.7. The van der Waals surface area contributed by atoms with Crippen LogP contribution in [0.4, 0.5) is 14.5 Å². The maximum atomic E-state index is 12.7. The number of anilines is 1. The van der Waals surface area contributed by atoms with Crippen molar-refractivity contribution < 1.29 is 23.0 Å². The first-order chi connectivity index (χ1) is 13.3. The number of nitrogens with one attached hydrogen (secondary N) is 3. The third-order valence-corrected chi connectivity index (χ3v) is 4.03. The summed E-state index contributed by atoms with van der Waals surface area (Å²) in [5, 5.41) is 12.9. The van der Waals surface area contributed by atoms with Gasteiger partial charge in [0.25, 0.3) is 12.3 Å². The molecule has 2 heterocycles. The Balaban J connectivity index is 1.91. The van der Waals surface area contributed by atoms with Crippen LogP contribution in [0, 0.1) is 5.41 Å². The summed E-state index contributed by atoms with van der Waals surface area (Å²) in [6.07, 6.45) is 3.49. The van der Waals surface area contributed by atoms with E-state index in [1.807, 2.05) is 13.8 Å². The number of hydrogen-bond donors (Lipinski definition) is 3. The van der Waals surface area contributed by atoms with E-state index in [4.69, 9.17) is 14.9 Å². The molecule has 0 bridgehead atoms. The highest BCUT2D eigenvalue weighted by Gasteiger charge is 2.32. The van der Waals surface area contributed by atoms with Crippen LogP contribution >= 0.6 is 0 Å². The average Bonchev–Trinajstić information content (AvgIpc) is 2.94. The zero-order valence-corrected chi connectivity index (χ0v) is 15.4. The molecule has 0 aromatic heterocycles. The number of amides is 1. The van der Waals surface area contributed by atoms with Crippen LogP contribution in [0.5, 0.6) is 11.5 Å². The van der Waals surface area contributed by atoms with Gasteiger partial charge in [0.15, 0.2) is 0 Å². The van der Waals surface area contributed by atoms with Crippen LogP contribution in [0.25, 0.3) is 0 Å². The van der Waals surface area contributed by atoms with Gasteiger partial charge in [-0.2, -0.15) is 0 Å². The third kappa shape index (κ3) is 4.36. The van der Waals surface area contributed by atoms with Crippen molar-refractivity contribution in [3.05, 3.63) is 41.4 Å². The average molecular weight is 390 g/mol. The fourth-order valence-electron chi connectivity index (χ4n) is 2.90. The van der Waals surface area contributed by atoms with Gasteiger partial charge in [-0.1, -0.05) is 0 Å². The summed E-state index contributed by atoms with van der Waals surface area (Å²) in [5.41, 5.74) is 0.587. The Hall–Kier alpha value is -3.23. The van der Waals surface area contributed by atoms with Crippen molar-refractivity contribution >= 4 is 24.0 Å². The molecule has 0 aliphatic carbocycles. The molecule has 3 N–H and O–H groups in total. The molecule has 0 unspecified atom stereocenters. The Bertz CT molecular complexity index is 891. The molecule has 28 heavy (non-hydrogen) atoms. The molecule has 1 amide bonds. The number of benzene rings is 1. The molecule has 0 radical (unpaired) electrons. The van der Waals surface area contributed by atoms with E-state index in [0.29, 0.717) is 12.2 Å². The van der Waals surface area contributed by atoms with E-state index in [1.165, 1.54) is 12.3 Å². The zero-order valence-electron chi connectivity index (χ0n) is 15.4. The minimum Gasteiger partial charge on any atom is -0.487 e. The fourth-order valence-corrected chi connectivity index (χ4v) is 2.90. The minimum absolute atomic E-state index is 0.0162. The quantitative estimate of drug-likeness (QED) is 0.514. The SMILES string of the molecule is CC1(C)Cc2cc(NC(=O)/C(C=N)=C3\N=CC=CN3)c(OCC(F)F)cc2O1. The molecule has 1 aromatic rings. The Morgan fingerprint density at radius 3 is 2.93 bits per heavy atom. The highest BCUT2D eigenvalue weighted by molar-refractivity contribution is 6.18. The lowest BCUT2D eigenvalue weighted by Gasteiger charge is -2.17. The summed E-state index contributed by atoms with van der Waals surface area (Å²) in [7, 11) is 0. The molecule has 0 saturated heterocycles. The van der Waals surface area contributed by atoms with E-state index in [1.54, 1.807) is 18.3 Å². The second-order valence-corrected chi connectivity index (χ2v) is 6.84. The van der Waals surface area contributed by atoms with Gasteiger partial charge in [-0.05, 0) is 26.0 Å². The first-order valence-electron chi connectivity index (χ1n) is 8.58. The van der Waals surface area contributed by atoms with Crippen LogP contribution < -0.4 is 20.1 Å². The number of halogens is 2. The van der Waals surface area contributed by atoms with Gasteiger partial charge >= 0.3 is 0 Å². The molecular weight excluding hydrogens is 370 g/mol. The van der Waals surface area contributed by atoms with Gasteiger partial charge in [-0.25, -0.2) is 13.8 Å². The van der Waals surface area contributed by atoms with Crippen molar-refractivity contribution in [3.63, 3.8) is 0 Å². The van der Waals surface area contributed by atoms with Crippen molar-refractivity contribution in [1.29, 1.82) is 5.41 Å². The van der Waals surface area contributed by atoms with Gasteiger partial charge < -0.3 is 25.5 Å². The van der Waals surface area contributed by atoms with Crippen LogP contribution in [-0.2, 0) is 11.2 Å². The van der Waals surface area contributed by atoms with Crippen LogP contribution in [0.1, 0.15) is 19.4 Å². The molecule has 1 aromatic carbocycles. The minimum atomic E-state index is -2.67. The van der Waals surface area contributed by atoms with Gasteiger partial charge in [0.05, 0.1) is 11.3 Å². The molecule has 0 atom stereocenters. The highest BCUT2D eigenvalue weighted by Crippen LogP contribution is 2.41. The number of carbonyl (C=O) groups is 1. The Morgan fingerprint density at radius 2 is 2.29 bits per heavy atom. The molecule has 3 rings (SSSR count). The topological polar surface area (TPSA) is 95.8 Å². The number of nitrogens with zero attached hydrogens (tertiary/aromatic N) is 1. The predicted molar refractivity (Wildman–Crippen MR) is 102 cm³/mol. The smallest absolute Gasteiger partial charge is 0.272 e. The zero-order chi connectivity index (χ0) is 20.3. The summed E-state index contributed by atoms with van der Waals surface area (Å²) in [6.45, 7) is 2.99. The third-order valence-electron chi connectivity index (χ3n) is 4.03. The van der Waals surface area contributed by atoms with Crippen LogP contribution in [0.2, 0.25) is 0 Å². The normalized spacial score (nSPS) is 18.2. The molecule has 2 aliphatic heterocycles. The lowest BCUT2D eigenvalue weighted by atomic mass is 10.0. The lowest BCUT2D eigenvalue weighted by molar-refractivity contribution is -0.112. The van der Waals surface area contributed by atoms with Crippen molar-refractivity contribution in [2.75, 3.05) is 11.9 Å². The monoisotopic (exact) mass is 390 g/mol. The van der Waals surface area contributed by atoms with E-state index in [9.17, 15) is 13.6 Å². The highest BCUT2D eigenvalue weighted by atomic mass is 19.3. The first-order valence-corrected chi connectivity index (χ1v) is 8.58. The molecular formula is C19H20F2N4O3. The number of hydrogen-bond acceptors (Lipinski definition) is 6. The van der Waals surface area contributed by atoms with Crippen LogP contribution in [-0.4, -0.2) is 37.0 Å². The van der Waals surface area contributed by atoms with Gasteiger partial charge in [0.2, 0.25) is 0 Å². The number of allylic oxidation sites excluding steroid dienone is 1. The van der Waals surface area contributed by atoms with Gasteiger partial charge in [0.1, 0.15) is 29.5 Å². The maximum Gasteiger partial charge on any atom is 0.272 e. The standard InChI is InChI=1S/C19H20F2N4O3/c1-19(2)8-11-6-13(15(7-14(11)28-19)27-10-16(20)21)25-18(26)12(9-22)17-23-4-3-5-24-17/h3-7,9,16,22-23H,8,10H2,1-2H3,(H,25,26)/b17-12-,22-9?. The number of rotatable bonds is 6. The Kier molecular flexibility index (Phi) is 5.43. The molecule has 9 heteroatoms. The number of ether oxygens (including phenoxy) is 2. The molecule has 7 nitrogen and oxygen atoms in total. The van der Waals surface area contributed by atoms with Crippen LogP contribution in [0.15, 0.2) is 40.8 Å². The summed E-state index contributed by atoms with van der Waals surface area (Å²) < 4.78 is 36.2. The van der Waals surface area contributed by atoms with Gasteiger partial charge in [-0.3, -0.25) is 4.79 Å². The molecule has 0 spiro atoms. The molecule has 2 aliphatic rings. The number of aliphatic imine (C=N–C) groups is 1. The second-order valence-electron chi connectivity index (χ2n) is 6.84. The fraction of sp³-hybridized carbons (Fsp3) is 0.316. The van der Waals surface area contributed by atoms with E-state index in [0.717, 1.165) is 11.8 Å². The van der Waals surface area contributed by atoms with E-state index in [-0.39, 0.29) is 22.8 Å². The second kappa shape index (κ2) is 7.79. The van der Waals surface area contributed by atoms with E-state index >= 15 is 0 Å². The maximum absolute atomic E-state index is 12.7. The number of carbonyl (C=O) groups excluding carboxylic acids is 1. The summed E-state index contributed by atoms with van der Waals surface area (Å²) in [6, 6.07) is 3.14. The number of fused-ring (bicyclic) bond motifs is 1. The summed E-state index contributed by atoms with van der Waals surface area (Å²) in [5.74, 6) is 0.182. The Labute approximate surface area is 160 Å². The summed E-state index contributed by atoms with van der Waals surface area (Å²) >= 11 is 0. The van der Waals surface area contributed by atoms with Crippen molar-refractivity contribution in [1.82, 2.24) is 5.32 Å². The van der Waals surface area contributed by atoms with E-state index in [2.05, 4.69) is 15.6 Å². The molecule has 148 valence electrons. The molecule has 0 fully saturated rings. The first kappa shape index (κ1) is 19.5. The van der Waals surface area contributed by atoms with Crippen molar-refractivity contribution in [3.8, 4) is 11.5 Å².